The maximum Gasteiger partial charge on any atom is 0.315 e. The third-order valence-electron chi connectivity index (χ3n) is 5.32. The topological polar surface area (TPSA) is 81.1 Å². The van der Waals surface area contributed by atoms with Crippen molar-refractivity contribution in [3.63, 3.8) is 0 Å². The Bertz CT molecular complexity index is 1300. The Kier molecular flexibility index (Phi) is 8.28. The van der Waals surface area contributed by atoms with Crippen molar-refractivity contribution in [1.82, 2.24) is 25.4 Å². The smallest absolute Gasteiger partial charge is 0.315 e. The van der Waals surface area contributed by atoms with Crippen LogP contribution in [0.15, 0.2) is 78.0 Å². The van der Waals surface area contributed by atoms with Gasteiger partial charge in [0.1, 0.15) is 5.75 Å². The zero-order chi connectivity index (χ0) is 24.6. The molecular formula is C26H26ClN5O2S. The molecule has 0 aliphatic carbocycles. The van der Waals surface area contributed by atoms with Crippen LogP contribution in [0.1, 0.15) is 22.5 Å². The quantitative estimate of drug-likeness (QED) is 0.291. The molecule has 2 amide bonds. The standard InChI is InChI=1S/C26H26ClN5O2S/c1-18-11-12-21(27)14-23(18)32-24(16-29-25(33)28-15-19-7-4-3-5-8-19)30-31-26(32)35-17-20-9-6-10-22(13-20)34-2/h3-14H,15-17H2,1-2H3,(H2,28,29,33). The molecule has 180 valence electrons. The second-order valence-corrected chi connectivity index (χ2v) is 9.21. The number of ether oxygens (including phenoxy) is 1. The number of aromatic nitrogens is 3. The first-order chi connectivity index (χ1) is 17.0. The number of nitrogens with zero attached hydrogens (tertiary/aromatic N) is 3. The van der Waals surface area contributed by atoms with Gasteiger partial charge in [-0.25, -0.2) is 4.79 Å². The highest BCUT2D eigenvalue weighted by Crippen LogP contribution is 2.29. The van der Waals surface area contributed by atoms with Gasteiger partial charge in [0.05, 0.1) is 19.3 Å². The summed E-state index contributed by atoms with van der Waals surface area (Å²) < 4.78 is 7.28. The van der Waals surface area contributed by atoms with Crippen molar-refractivity contribution in [3.8, 4) is 11.4 Å². The molecule has 1 aromatic heterocycles. The molecule has 0 radical (unpaired) electrons. The Morgan fingerprint density at radius 2 is 1.74 bits per heavy atom. The number of hydrogen-bond acceptors (Lipinski definition) is 5. The van der Waals surface area contributed by atoms with Crippen LogP contribution >= 0.6 is 23.4 Å². The third kappa shape index (κ3) is 6.55. The van der Waals surface area contributed by atoms with Gasteiger partial charge in [-0.15, -0.1) is 10.2 Å². The van der Waals surface area contributed by atoms with Crippen molar-refractivity contribution in [2.24, 2.45) is 0 Å². The largest absolute Gasteiger partial charge is 0.497 e. The molecule has 0 bridgehead atoms. The molecule has 9 heteroatoms. The van der Waals surface area contributed by atoms with Crippen molar-refractivity contribution in [2.45, 2.75) is 30.9 Å². The first-order valence-electron chi connectivity index (χ1n) is 11.1. The second kappa shape index (κ2) is 11.8. The summed E-state index contributed by atoms with van der Waals surface area (Å²) in [5, 5.41) is 15.9. The summed E-state index contributed by atoms with van der Waals surface area (Å²) in [6.45, 7) is 2.65. The minimum Gasteiger partial charge on any atom is -0.497 e. The van der Waals surface area contributed by atoms with Crippen LogP contribution in [-0.2, 0) is 18.8 Å². The Labute approximate surface area is 213 Å². The Morgan fingerprint density at radius 1 is 0.971 bits per heavy atom. The second-order valence-electron chi connectivity index (χ2n) is 7.83. The summed E-state index contributed by atoms with van der Waals surface area (Å²) in [6.07, 6.45) is 0. The number of methoxy groups -OCH3 is 1. The molecule has 35 heavy (non-hydrogen) atoms. The van der Waals surface area contributed by atoms with Crippen molar-refractivity contribution < 1.29 is 9.53 Å². The summed E-state index contributed by atoms with van der Waals surface area (Å²) in [4.78, 5) is 12.4. The number of carbonyl (C=O) groups is 1. The Morgan fingerprint density at radius 3 is 2.54 bits per heavy atom. The zero-order valence-electron chi connectivity index (χ0n) is 19.5. The molecule has 4 aromatic rings. The molecule has 0 aliphatic rings. The van der Waals surface area contributed by atoms with Crippen LogP contribution in [0.3, 0.4) is 0 Å². The number of thioether (sulfide) groups is 1. The lowest BCUT2D eigenvalue weighted by Gasteiger charge is -2.14. The van der Waals surface area contributed by atoms with Gasteiger partial charge in [-0.1, -0.05) is 71.9 Å². The van der Waals surface area contributed by atoms with Gasteiger partial charge in [0.25, 0.3) is 0 Å². The number of hydrogen-bond donors (Lipinski definition) is 2. The van der Waals surface area contributed by atoms with E-state index in [1.165, 1.54) is 0 Å². The van der Waals surface area contributed by atoms with Crippen molar-refractivity contribution in [1.29, 1.82) is 0 Å². The fourth-order valence-electron chi connectivity index (χ4n) is 3.48. The molecule has 4 rings (SSSR count). The maximum absolute atomic E-state index is 12.4. The molecule has 0 aliphatic heterocycles. The van der Waals surface area contributed by atoms with Gasteiger partial charge in [-0.2, -0.15) is 0 Å². The molecule has 0 spiro atoms. The summed E-state index contributed by atoms with van der Waals surface area (Å²) in [6, 6.07) is 23.1. The van der Waals surface area contributed by atoms with E-state index in [1.807, 2.05) is 84.3 Å². The molecule has 0 saturated heterocycles. The van der Waals surface area contributed by atoms with Crippen LogP contribution in [0, 0.1) is 6.92 Å². The number of nitrogens with one attached hydrogen (secondary N) is 2. The minimum absolute atomic E-state index is 0.208. The van der Waals surface area contributed by atoms with Crippen LogP contribution in [0.4, 0.5) is 4.79 Å². The van der Waals surface area contributed by atoms with Gasteiger partial charge in [0, 0.05) is 17.3 Å². The van der Waals surface area contributed by atoms with E-state index >= 15 is 0 Å². The minimum atomic E-state index is -0.281. The molecule has 0 unspecified atom stereocenters. The van der Waals surface area contributed by atoms with Gasteiger partial charge in [-0.05, 0) is 47.9 Å². The summed E-state index contributed by atoms with van der Waals surface area (Å²) in [5.74, 6) is 2.10. The van der Waals surface area contributed by atoms with Crippen molar-refractivity contribution in [2.75, 3.05) is 7.11 Å². The fraction of sp³-hybridized carbons (Fsp3) is 0.192. The molecule has 0 atom stereocenters. The number of halogens is 1. The average Bonchev–Trinajstić information content (AvgIpc) is 3.29. The lowest BCUT2D eigenvalue weighted by molar-refractivity contribution is 0.240. The van der Waals surface area contributed by atoms with Gasteiger partial charge in [0.15, 0.2) is 11.0 Å². The molecular weight excluding hydrogens is 482 g/mol. The first-order valence-corrected chi connectivity index (χ1v) is 12.4. The van der Waals surface area contributed by atoms with E-state index in [0.717, 1.165) is 28.1 Å². The van der Waals surface area contributed by atoms with E-state index in [2.05, 4.69) is 20.8 Å². The number of urea groups is 1. The van der Waals surface area contributed by atoms with Gasteiger partial charge < -0.3 is 15.4 Å². The number of aryl methyl sites for hydroxylation is 1. The van der Waals surface area contributed by atoms with Gasteiger partial charge in [-0.3, -0.25) is 4.57 Å². The highest BCUT2D eigenvalue weighted by molar-refractivity contribution is 7.98. The molecule has 0 fully saturated rings. The zero-order valence-corrected chi connectivity index (χ0v) is 21.1. The third-order valence-corrected chi connectivity index (χ3v) is 6.55. The van der Waals surface area contributed by atoms with Crippen molar-refractivity contribution in [3.05, 3.63) is 100 Å². The molecule has 1 heterocycles. The number of carbonyl (C=O) groups excluding carboxylic acids is 1. The van der Waals surface area contributed by atoms with E-state index in [4.69, 9.17) is 16.3 Å². The SMILES string of the molecule is COc1cccc(CSc2nnc(CNC(=O)NCc3ccccc3)n2-c2cc(Cl)ccc2C)c1. The van der Waals surface area contributed by atoms with Crippen LogP contribution < -0.4 is 15.4 Å². The normalized spacial score (nSPS) is 10.7. The van der Waals surface area contributed by atoms with Gasteiger partial charge in [0.2, 0.25) is 0 Å². The van der Waals surface area contributed by atoms with E-state index in [1.54, 1.807) is 18.9 Å². The molecule has 7 nitrogen and oxygen atoms in total. The predicted molar refractivity (Wildman–Crippen MR) is 139 cm³/mol. The number of amides is 2. The fourth-order valence-corrected chi connectivity index (χ4v) is 4.56. The number of benzene rings is 3. The Balaban J connectivity index is 1.51. The first kappa shape index (κ1) is 24.6. The summed E-state index contributed by atoms with van der Waals surface area (Å²) >= 11 is 7.87. The van der Waals surface area contributed by atoms with E-state index in [0.29, 0.717) is 28.3 Å². The molecule has 3 aromatic carbocycles. The highest BCUT2D eigenvalue weighted by Gasteiger charge is 2.17. The highest BCUT2D eigenvalue weighted by atomic mass is 35.5. The van der Waals surface area contributed by atoms with E-state index in [9.17, 15) is 4.79 Å². The Hall–Kier alpha value is -3.49. The summed E-state index contributed by atoms with van der Waals surface area (Å²) in [7, 11) is 1.65. The summed E-state index contributed by atoms with van der Waals surface area (Å²) in [5.41, 5.74) is 4.02. The lowest BCUT2D eigenvalue weighted by atomic mass is 10.2. The lowest BCUT2D eigenvalue weighted by Crippen LogP contribution is -2.35. The predicted octanol–water partition coefficient (Wildman–Crippen LogP) is 5.53. The van der Waals surface area contributed by atoms with E-state index in [-0.39, 0.29) is 12.6 Å². The van der Waals surface area contributed by atoms with Crippen LogP contribution in [0.2, 0.25) is 5.02 Å². The van der Waals surface area contributed by atoms with Crippen molar-refractivity contribution >= 4 is 29.4 Å². The van der Waals surface area contributed by atoms with Crippen LogP contribution in [0.25, 0.3) is 5.69 Å². The maximum atomic E-state index is 12.4. The van der Waals surface area contributed by atoms with Gasteiger partial charge >= 0.3 is 6.03 Å². The average molecular weight is 508 g/mol. The van der Waals surface area contributed by atoms with E-state index < -0.39 is 0 Å². The van der Waals surface area contributed by atoms with Crippen LogP contribution in [0.5, 0.6) is 5.75 Å². The monoisotopic (exact) mass is 507 g/mol. The number of rotatable bonds is 9. The molecule has 0 saturated carbocycles. The molecule has 2 N–H and O–H groups in total. The van der Waals surface area contributed by atoms with Crippen LogP contribution in [-0.4, -0.2) is 27.9 Å².